The molecule has 0 aliphatic carbocycles. The van der Waals surface area contributed by atoms with Crippen LogP contribution >= 0.6 is 16.1 Å². The number of aryl methyl sites for hydroxylation is 2. The van der Waals surface area contributed by atoms with E-state index >= 15 is 0 Å². The minimum absolute atomic E-state index is 0.246. The van der Waals surface area contributed by atoms with E-state index in [2.05, 4.69) is 132 Å². The highest BCUT2D eigenvalue weighted by Crippen LogP contribution is 2.39. The van der Waals surface area contributed by atoms with E-state index < -0.39 is 7.71 Å². The fraction of sp³-hybridized carbons (Fsp3) is 0.106. The van der Waals surface area contributed by atoms with Gasteiger partial charge in [-0.25, -0.2) is 0 Å². The maximum absolute atomic E-state index is 12.2. The van der Waals surface area contributed by atoms with Gasteiger partial charge in [0.2, 0.25) is 0 Å². The summed E-state index contributed by atoms with van der Waals surface area (Å²) in [6.07, 6.45) is 0.757. The van der Waals surface area contributed by atoms with Crippen LogP contribution in [0.15, 0.2) is 161 Å². The van der Waals surface area contributed by atoms with E-state index in [1.165, 1.54) is 0 Å². The molecule has 9 rings (SSSR count). The highest BCUT2D eigenvalue weighted by atomic mass is 31.1. The summed E-state index contributed by atoms with van der Waals surface area (Å²) in [5.41, 5.74) is 7.91. The highest BCUT2D eigenvalue weighted by molar-refractivity contribution is 7.64. The second-order valence-corrected chi connectivity index (χ2v) is 17.1. The molecule has 0 aliphatic heterocycles. The van der Waals surface area contributed by atoms with E-state index in [4.69, 9.17) is 9.49 Å². The number of aromatic nitrogens is 2. The van der Waals surface area contributed by atoms with Gasteiger partial charge < -0.3 is 19.3 Å². The maximum atomic E-state index is 12.2. The number of fused-ring (bicyclic) bond motifs is 6. The van der Waals surface area contributed by atoms with Crippen LogP contribution < -0.4 is 15.9 Å². The Labute approximate surface area is 322 Å². The van der Waals surface area contributed by atoms with Crippen LogP contribution in [0.2, 0.25) is 0 Å². The van der Waals surface area contributed by atoms with Gasteiger partial charge >= 0.3 is 0 Å². The summed E-state index contributed by atoms with van der Waals surface area (Å²) in [6, 6.07) is 52.1. The van der Waals surface area contributed by atoms with Gasteiger partial charge in [0.25, 0.3) is 0 Å². The Hall–Kier alpha value is -5.93. The third-order valence-electron chi connectivity index (χ3n) is 10.3. The average Bonchev–Trinajstić information content (AvgIpc) is 3.73. The molecule has 0 fully saturated rings. The number of hydrogen-bond acceptors (Lipinski definition) is 4. The van der Waals surface area contributed by atoms with Crippen molar-refractivity contribution in [3.05, 3.63) is 163 Å². The van der Waals surface area contributed by atoms with Gasteiger partial charge in [0.15, 0.2) is 5.75 Å². The van der Waals surface area contributed by atoms with Gasteiger partial charge in [0, 0.05) is 56.0 Å². The molecular formula is C47H40N4O2P2. The molecule has 0 saturated heterocycles. The molecule has 0 aliphatic rings. The molecule has 270 valence electrons. The summed E-state index contributed by atoms with van der Waals surface area (Å²) in [6.45, 7) is 5.36. The lowest BCUT2D eigenvalue weighted by atomic mass is 10.2. The molecule has 2 aromatic heterocycles. The Kier molecular flexibility index (Phi) is 9.32. The largest absolute Gasteiger partial charge is 0.505 e. The van der Waals surface area contributed by atoms with Crippen LogP contribution in [0.25, 0.3) is 55.0 Å². The number of hydrogen-bond donors (Lipinski definition) is 2. The third-order valence-corrected chi connectivity index (χ3v) is 13.5. The quantitative estimate of drug-likeness (QED) is 0.114. The third kappa shape index (κ3) is 6.32. The standard InChI is InChI=1S/C47H40N4O2P2/c1-31-27-42(50-38-21-10-6-17-34(38)35-18-7-11-22-39(35)50)46(52)44(29-31)54-48-25-14-26-49-55(33-15-4-3-5-16-33)45-30-32(2)28-43(47(45)53)51-40-23-12-8-19-36(40)37-20-9-13-24-41(37)51/h3-13,15-24,27-30,52-53,55H,14,25-26H2,1-2H3. The van der Waals surface area contributed by atoms with Crippen molar-refractivity contribution in [3.8, 4) is 22.9 Å². The molecule has 0 saturated carbocycles. The lowest BCUT2D eigenvalue weighted by Gasteiger charge is -2.17. The predicted molar refractivity (Wildman–Crippen MR) is 234 cm³/mol. The minimum Gasteiger partial charge on any atom is -0.505 e. The smallest absolute Gasteiger partial charge is 0.152 e. The van der Waals surface area contributed by atoms with Crippen LogP contribution in [-0.2, 0) is 0 Å². The molecular weight excluding hydrogens is 714 g/mol. The highest BCUT2D eigenvalue weighted by Gasteiger charge is 2.20. The average molecular weight is 755 g/mol. The molecule has 1 unspecified atom stereocenters. The number of benzene rings is 7. The van der Waals surface area contributed by atoms with Crippen LogP contribution in [0.1, 0.15) is 17.5 Å². The molecule has 2 heterocycles. The van der Waals surface area contributed by atoms with Crippen molar-refractivity contribution < 1.29 is 10.2 Å². The molecule has 0 radical (unpaired) electrons. The number of para-hydroxylation sites is 4. The molecule has 0 bridgehead atoms. The molecule has 2 N–H and O–H groups in total. The summed E-state index contributed by atoms with van der Waals surface area (Å²) in [4.78, 5) is 0. The first-order valence-corrected chi connectivity index (χ1v) is 20.9. The fourth-order valence-electron chi connectivity index (χ4n) is 7.85. The van der Waals surface area contributed by atoms with Crippen LogP contribution in [-0.4, -0.2) is 32.4 Å². The Bertz CT molecular complexity index is 2860. The van der Waals surface area contributed by atoms with Crippen molar-refractivity contribution in [2.24, 2.45) is 9.49 Å². The number of rotatable bonds is 9. The van der Waals surface area contributed by atoms with E-state index in [1.54, 1.807) is 0 Å². The van der Waals surface area contributed by atoms with Crippen molar-refractivity contribution >= 4 is 75.6 Å². The SMILES string of the molecule is Cc1cc(/P=N/CCC/N=[PH](\c2ccccc2)c2cc(C)cc(-n3c4ccccc4c4ccccc43)c2O)c(O)c(-n2c3ccccc3c3ccccc32)c1. The molecule has 0 amide bonds. The summed E-state index contributed by atoms with van der Waals surface area (Å²) in [5, 5.41) is 31.2. The number of aromatic hydroxyl groups is 2. The first kappa shape index (κ1) is 34.8. The van der Waals surface area contributed by atoms with Crippen molar-refractivity contribution in [1.82, 2.24) is 9.13 Å². The summed E-state index contributed by atoms with van der Waals surface area (Å²) in [5.74, 6) is 0.520. The first-order chi connectivity index (χ1) is 27.0. The zero-order valence-corrected chi connectivity index (χ0v) is 32.6. The summed E-state index contributed by atoms with van der Waals surface area (Å²) >= 11 is 0. The molecule has 6 nitrogen and oxygen atoms in total. The lowest BCUT2D eigenvalue weighted by Crippen LogP contribution is -2.11. The van der Waals surface area contributed by atoms with Crippen molar-refractivity contribution in [2.45, 2.75) is 20.3 Å². The van der Waals surface area contributed by atoms with Crippen molar-refractivity contribution in [1.29, 1.82) is 0 Å². The van der Waals surface area contributed by atoms with E-state index in [9.17, 15) is 10.2 Å². The van der Waals surface area contributed by atoms with Crippen LogP contribution in [0, 0.1) is 13.8 Å². The number of nitrogens with zero attached hydrogens (tertiary/aromatic N) is 4. The molecule has 8 heteroatoms. The van der Waals surface area contributed by atoms with Gasteiger partial charge in [0.05, 0.1) is 38.7 Å². The summed E-state index contributed by atoms with van der Waals surface area (Å²) in [7, 11) is -0.995. The van der Waals surface area contributed by atoms with Crippen LogP contribution in [0.4, 0.5) is 0 Å². The van der Waals surface area contributed by atoms with Crippen LogP contribution in [0.5, 0.6) is 11.5 Å². The summed E-state index contributed by atoms with van der Waals surface area (Å²) < 4.78 is 14.5. The second-order valence-electron chi connectivity index (χ2n) is 14.0. The van der Waals surface area contributed by atoms with E-state index in [-0.39, 0.29) is 11.5 Å². The van der Waals surface area contributed by atoms with E-state index in [0.29, 0.717) is 21.5 Å². The zero-order chi connectivity index (χ0) is 37.5. The Balaban J connectivity index is 1.02. The molecule has 0 spiro atoms. The van der Waals surface area contributed by atoms with Gasteiger partial charge in [-0.1, -0.05) is 103 Å². The van der Waals surface area contributed by atoms with E-state index in [1.807, 2.05) is 42.5 Å². The second kappa shape index (κ2) is 14.7. The Morgan fingerprint density at radius 1 is 0.527 bits per heavy atom. The topological polar surface area (TPSA) is 75.0 Å². The van der Waals surface area contributed by atoms with Crippen molar-refractivity contribution in [3.63, 3.8) is 0 Å². The fourth-order valence-corrected chi connectivity index (χ4v) is 11.0. The number of phenols is 2. The lowest BCUT2D eigenvalue weighted by molar-refractivity contribution is 0.477. The maximum Gasteiger partial charge on any atom is 0.152 e. The Morgan fingerprint density at radius 2 is 0.982 bits per heavy atom. The predicted octanol–water partition coefficient (Wildman–Crippen LogP) is 11.1. The van der Waals surface area contributed by atoms with Gasteiger partial charge in [-0.15, -0.1) is 0 Å². The van der Waals surface area contributed by atoms with Gasteiger partial charge in [-0.05, 0) is 85.2 Å². The normalized spacial score (nSPS) is 12.5. The Morgan fingerprint density at radius 3 is 1.51 bits per heavy atom. The van der Waals surface area contributed by atoms with Gasteiger partial charge in [0.1, 0.15) is 5.75 Å². The molecule has 9 aromatic rings. The van der Waals surface area contributed by atoms with Gasteiger partial charge in [-0.2, -0.15) is 0 Å². The monoisotopic (exact) mass is 754 g/mol. The van der Waals surface area contributed by atoms with Gasteiger partial charge in [-0.3, -0.25) is 9.49 Å². The first-order valence-electron chi connectivity index (χ1n) is 18.6. The molecule has 1 atom stereocenters. The molecule has 7 aromatic carbocycles. The van der Waals surface area contributed by atoms with E-state index in [0.717, 1.165) is 88.4 Å². The minimum atomic E-state index is -1.71. The van der Waals surface area contributed by atoms with Crippen molar-refractivity contribution in [2.75, 3.05) is 13.1 Å². The molecule has 55 heavy (non-hydrogen) atoms. The zero-order valence-electron chi connectivity index (χ0n) is 30.7. The van der Waals surface area contributed by atoms with Crippen LogP contribution in [0.3, 0.4) is 0 Å². The number of phenolic OH excluding ortho intramolecular Hbond substituents is 2.